The number of nitrogens with one attached hydrogen (secondary N) is 1. The maximum Gasteiger partial charge on any atom is 0.250 e. The van der Waals surface area contributed by atoms with E-state index >= 15 is 0 Å². The Labute approximate surface area is 203 Å². The summed E-state index contributed by atoms with van der Waals surface area (Å²) in [7, 11) is 0. The van der Waals surface area contributed by atoms with Gasteiger partial charge in [0, 0.05) is 35.1 Å². The lowest BCUT2D eigenvalue weighted by atomic mass is 10.2. The number of halogens is 2. The molecule has 10 nitrogen and oxygen atoms in total. The zero-order valence-electron chi connectivity index (χ0n) is 17.7. The number of hydrogen-bond acceptors (Lipinski definition) is 10. The van der Waals surface area contributed by atoms with E-state index in [9.17, 15) is 5.11 Å². The Morgan fingerprint density at radius 3 is 2.44 bits per heavy atom. The summed E-state index contributed by atoms with van der Waals surface area (Å²) in [6.07, 6.45) is 3.75. The molecular weight excluding hydrogens is 546 g/mol. The van der Waals surface area contributed by atoms with E-state index in [1.54, 1.807) is 6.07 Å². The SMILES string of the molecule is CCOc1cc(Br)c(Br)c(/C=N\Nc2nc(N3CCCC3)nc(N3CCOCC3)n2)c1O. The third-order valence-corrected chi connectivity index (χ3v) is 7.16. The highest BCUT2D eigenvalue weighted by atomic mass is 79.9. The average Bonchev–Trinajstić information content (AvgIpc) is 3.35. The first-order chi connectivity index (χ1) is 15.6. The summed E-state index contributed by atoms with van der Waals surface area (Å²) in [4.78, 5) is 18.1. The van der Waals surface area contributed by atoms with Gasteiger partial charge < -0.3 is 24.4 Å². The second-order valence-corrected chi connectivity index (χ2v) is 8.94. The van der Waals surface area contributed by atoms with E-state index < -0.39 is 0 Å². The van der Waals surface area contributed by atoms with Crippen molar-refractivity contribution < 1.29 is 14.6 Å². The molecule has 2 N–H and O–H groups in total. The van der Waals surface area contributed by atoms with Gasteiger partial charge in [0.25, 0.3) is 0 Å². The highest BCUT2D eigenvalue weighted by molar-refractivity contribution is 9.13. The Hall–Kier alpha value is -2.18. The molecule has 2 aromatic rings. The fourth-order valence-electron chi connectivity index (χ4n) is 3.52. The van der Waals surface area contributed by atoms with Crippen molar-refractivity contribution in [3.05, 3.63) is 20.6 Å². The topological polar surface area (TPSA) is 108 Å². The summed E-state index contributed by atoms with van der Waals surface area (Å²) < 4.78 is 12.3. The minimum Gasteiger partial charge on any atom is -0.504 e. The van der Waals surface area contributed by atoms with E-state index in [1.165, 1.54) is 6.21 Å². The third-order valence-electron chi connectivity index (χ3n) is 5.15. The smallest absolute Gasteiger partial charge is 0.250 e. The molecule has 2 aliphatic rings. The summed E-state index contributed by atoms with van der Waals surface area (Å²) >= 11 is 6.94. The van der Waals surface area contributed by atoms with Crippen LogP contribution >= 0.6 is 31.9 Å². The number of aromatic hydroxyl groups is 1. The second-order valence-electron chi connectivity index (χ2n) is 7.29. The van der Waals surface area contributed by atoms with Crippen molar-refractivity contribution in [2.45, 2.75) is 19.8 Å². The average molecular weight is 571 g/mol. The molecule has 0 unspecified atom stereocenters. The molecule has 0 saturated carbocycles. The highest BCUT2D eigenvalue weighted by Gasteiger charge is 2.21. The van der Waals surface area contributed by atoms with E-state index in [4.69, 9.17) is 9.47 Å². The molecule has 2 fully saturated rings. The summed E-state index contributed by atoms with van der Waals surface area (Å²) in [5.41, 5.74) is 3.37. The zero-order chi connectivity index (χ0) is 22.5. The van der Waals surface area contributed by atoms with Crippen LogP contribution in [0.5, 0.6) is 11.5 Å². The van der Waals surface area contributed by atoms with Crippen LogP contribution in [0.4, 0.5) is 17.8 Å². The number of hydrazone groups is 1. The number of phenols is 1. The van der Waals surface area contributed by atoms with Crippen LogP contribution in [0.2, 0.25) is 0 Å². The molecule has 4 rings (SSSR count). The van der Waals surface area contributed by atoms with Gasteiger partial charge in [-0.1, -0.05) is 0 Å². The lowest BCUT2D eigenvalue weighted by molar-refractivity contribution is 0.122. The Balaban J connectivity index is 1.60. The maximum atomic E-state index is 10.6. The van der Waals surface area contributed by atoms with Gasteiger partial charge in [-0.3, -0.25) is 0 Å². The third kappa shape index (κ3) is 5.24. The second kappa shape index (κ2) is 10.6. The molecule has 0 radical (unpaired) electrons. The number of phenolic OH excluding ortho intramolecular Hbond substituents is 1. The van der Waals surface area contributed by atoms with E-state index in [1.807, 2.05) is 6.92 Å². The Morgan fingerprint density at radius 1 is 1.12 bits per heavy atom. The fraction of sp³-hybridized carbons (Fsp3) is 0.500. The molecular formula is C20H25Br2N7O3. The van der Waals surface area contributed by atoms with Crippen LogP contribution in [0.3, 0.4) is 0 Å². The standard InChI is InChI=1S/C20H25Br2N7O3/c1-2-32-15-11-14(21)16(22)13(17(15)30)12-23-27-18-24-19(28-5-3-4-6-28)26-20(25-18)29-7-9-31-10-8-29/h11-12,30H,2-10H2,1H3,(H,24,25,26,27)/b23-12-. The summed E-state index contributed by atoms with van der Waals surface area (Å²) in [6.45, 7) is 6.88. The van der Waals surface area contributed by atoms with Crippen molar-refractivity contribution in [3.8, 4) is 11.5 Å². The molecule has 0 bridgehead atoms. The molecule has 0 amide bonds. The van der Waals surface area contributed by atoms with Gasteiger partial charge in [-0.2, -0.15) is 20.1 Å². The fourth-order valence-corrected chi connectivity index (χ4v) is 4.34. The normalized spacial score (nSPS) is 16.7. The van der Waals surface area contributed by atoms with E-state index in [0.29, 0.717) is 53.5 Å². The minimum absolute atomic E-state index is 0.00474. The van der Waals surface area contributed by atoms with Crippen LogP contribution in [0, 0.1) is 0 Å². The van der Waals surface area contributed by atoms with Crippen LogP contribution in [0.1, 0.15) is 25.3 Å². The van der Waals surface area contributed by atoms with Crippen molar-refractivity contribution in [1.82, 2.24) is 15.0 Å². The molecule has 12 heteroatoms. The highest BCUT2D eigenvalue weighted by Crippen LogP contribution is 2.39. The largest absolute Gasteiger partial charge is 0.504 e. The molecule has 172 valence electrons. The molecule has 2 saturated heterocycles. The van der Waals surface area contributed by atoms with Gasteiger partial charge in [-0.15, -0.1) is 0 Å². The summed E-state index contributed by atoms with van der Waals surface area (Å²) in [5, 5.41) is 14.8. The van der Waals surface area contributed by atoms with Gasteiger partial charge in [0.05, 0.1) is 31.6 Å². The van der Waals surface area contributed by atoms with Crippen molar-refractivity contribution in [1.29, 1.82) is 0 Å². The summed E-state index contributed by atoms with van der Waals surface area (Å²) in [5.74, 6) is 1.95. The van der Waals surface area contributed by atoms with Crippen LogP contribution in [-0.4, -0.2) is 72.3 Å². The lowest BCUT2D eigenvalue weighted by Gasteiger charge is -2.27. The number of benzene rings is 1. The number of rotatable bonds is 7. The van der Waals surface area contributed by atoms with Gasteiger partial charge >= 0.3 is 0 Å². The first kappa shape index (κ1) is 23.0. The first-order valence-electron chi connectivity index (χ1n) is 10.5. The van der Waals surface area contributed by atoms with Crippen molar-refractivity contribution >= 4 is 55.9 Å². The number of anilines is 3. The predicted molar refractivity (Wildman–Crippen MR) is 130 cm³/mol. The molecule has 1 aromatic heterocycles. The van der Waals surface area contributed by atoms with Crippen LogP contribution in [-0.2, 0) is 4.74 Å². The van der Waals surface area contributed by atoms with E-state index in [0.717, 1.165) is 43.5 Å². The van der Waals surface area contributed by atoms with Gasteiger partial charge in [-0.25, -0.2) is 5.43 Å². The molecule has 0 spiro atoms. The first-order valence-corrected chi connectivity index (χ1v) is 12.1. The predicted octanol–water partition coefficient (Wildman–Crippen LogP) is 3.38. The molecule has 1 aromatic carbocycles. The molecule has 0 aliphatic carbocycles. The minimum atomic E-state index is -0.00474. The lowest BCUT2D eigenvalue weighted by Crippen LogP contribution is -2.38. The van der Waals surface area contributed by atoms with Crippen molar-refractivity contribution in [2.75, 3.05) is 61.2 Å². The Morgan fingerprint density at radius 2 is 1.78 bits per heavy atom. The van der Waals surface area contributed by atoms with Crippen LogP contribution < -0.4 is 20.0 Å². The molecule has 2 aliphatic heterocycles. The van der Waals surface area contributed by atoms with E-state index in [2.05, 4.69) is 67.1 Å². The van der Waals surface area contributed by atoms with E-state index in [-0.39, 0.29) is 5.75 Å². The molecule has 0 atom stereocenters. The number of nitrogens with zero attached hydrogens (tertiary/aromatic N) is 6. The van der Waals surface area contributed by atoms with Gasteiger partial charge in [0.15, 0.2) is 11.5 Å². The Bertz CT molecular complexity index is 980. The molecule has 32 heavy (non-hydrogen) atoms. The van der Waals surface area contributed by atoms with Crippen molar-refractivity contribution in [2.24, 2.45) is 5.10 Å². The number of hydrogen-bond donors (Lipinski definition) is 2. The summed E-state index contributed by atoms with van der Waals surface area (Å²) in [6, 6.07) is 1.70. The van der Waals surface area contributed by atoms with Crippen LogP contribution in [0.15, 0.2) is 20.1 Å². The quantitative estimate of drug-likeness (QED) is 0.382. The maximum absolute atomic E-state index is 10.6. The van der Waals surface area contributed by atoms with Crippen molar-refractivity contribution in [3.63, 3.8) is 0 Å². The number of ether oxygens (including phenoxy) is 2. The number of aromatic nitrogens is 3. The zero-order valence-corrected chi connectivity index (χ0v) is 20.9. The molecule has 3 heterocycles. The van der Waals surface area contributed by atoms with Gasteiger partial charge in [-0.05, 0) is 57.7 Å². The Kier molecular flexibility index (Phi) is 7.63. The van der Waals surface area contributed by atoms with Gasteiger partial charge in [0.2, 0.25) is 17.8 Å². The van der Waals surface area contributed by atoms with Crippen LogP contribution in [0.25, 0.3) is 0 Å². The monoisotopic (exact) mass is 569 g/mol. The number of morpholine rings is 1. The van der Waals surface area contributed by atoms with Gasteiger partial charge in [0.1, 0.15) is 0 Å².